The number of carbonyl (C=O) groups excluding carboxylic acids is 2. The molecule has 0 saturated carbocycles. The van der Waals surface area contributed by atoms with Crippen molar-refractivity contribution in [1.82, 2.24) is 0 Å². The average Bonchev–Trinajstić information content (AvgIpc) is 2.10. The molecule has 0 bridgehead atoms. The Hall–Kier alpha value is -0.880. The first-order valence-electron chi connectivity index (χ1n) is 4.46. The van der Waals surface area contributed by atoms with E-state index in [0.29, 0.717) is 6.42 Å². The van der Waals surface area contributed by atoms with E-state index in [1.54, 1.807) is 5.94 Å². The fourth-order valence-electron chi connectivity index (χ4n) is 1.03. The Labute approximate surface area is 73.7 Å². The van der Waals surface area contributed by atoms with Crippen LogP contribution in [0.2, 0.25) is 0 Å². The smallest absolute Gasteiger partial charge is 0.198 e. The van der Waals surface area contributed by atoms with Crippen molar-refractivity contribution in [3.63, 3.8) is 0 Å². The lowest BCUT2D eigenvalue weighted by molar-refractivity contribution is 0.542. The minimum Gasteiger partial charge on any atom is -0.291 e. The molecule has 0 amide bonds. The Bertz CT molecular complexity index is 146. The van der Waals surface area contributed by atoms with E-state index >= 15 is 0 Å². The highest BCUT2D eigenvalue weighted by atomic mass is 16.1. The molecule has 0 rings (SSSR count). The zero-order valence-electron chi connectivity index (χ0n) is 7.34. The van der Waals surface area contributed by atoms with Crippen LogP contribution in [-0.4, -0.2) is 12.2 Å². The molecule has 0 spiro atoms. The molecule has 0 aliphatic carbocycles. The molecule has 0 aromatic rings. The molecule has 0 N–H and O–H groups in total. The standard InChI is InChI=1S/C10H15O2/c11-9-7-5-3-1-2-4-6-8-10-12/h7H,1-6,8H2. The summed E-state index contributed by atoms with van der Waals surface area (Å²) in [6.07, 6.45) is 10.2. The molecule has 0 fully saturated rings. The quantitative estimate of drug-likeness (QED) is 0.410. The number of rotatable bonds is 8. The van der Waals surface area contributed by atoms with Gasteiger partial charge in [-0.1, -0.05) is 19.3 Å². The van der Waals surface area contributed by atoms with Crippen LogP contribution in [0.4, 0.5) is 0 Å². The lowest BCUT2D eigenvalue weighted by Crippen LogP contribution is -1.79. The van der Waals surface area contributed by atoms with E-state index in [1.165, 1.54) is 6.08 Å². The highest BCUT2D eigenvalue weighted by Gasteiger charge is 1.89. The zero-order chi connectivity index (χ0) is 9.07. The molecule has 0 heterocycles. The molecule has 67 valence electrons. The van der Waals surface area contributed by atoms with E-state index in [-0.39, 0.29) is 0 Å². The topological polar surface area (TPSA) is 34.1 Å². The Morgan fingerprint density at radius 3 is 2.25 bits per heavy atom. The van der Waals surface area contributed by atoms with Gasteiger partial charge in [0.25, 0.3) is 0 Å². The minimum atomic E-state index is 0.564. The van der Waals surface area contributed by atoms with Crippen LogP contribution in [0.3, 0.4) is 0 Å². The van der Waals surface area contributed by atoms with Gasteiger partial charge in [-0.15, -0.1) is 0 Å². The average molecular weight is 167 g/mol. The molecular formula is C10H15O2. The van der Waals surface area contributed by atoms with Gasteiger partial charge in [0.15, 0.2) is 6.29 Å². The van der Waals surface area contributed by atoms with E-state index in [1.807, 2.05) is 6.29 Å². The fourth-order valence-corrected chi connectivity index (χ4v) is 1.03. The molecule has 0 aliphatic heterocycles. The van der Waals surface area contributed by atoms with E-state index in [9.17, 15) is 9.59 Å². The lowest BCUT2D eigenvalue weighted by Gasteiger charge is -1.95. The molecule has 0 atom stereocenters. The Morgan fingerprint density at radius 2 is 1.58 bits per heavy atom. The van der Waals surface area contributed by atoms with Gasteiger partial charge in [-0.05, 0) is 25.3 Å². The molecular weight excluding hydrogens is 152 g/mol. The second-order valence-corrected chi connectivity index (χ2v) is 2.77. The molecule has 12 heavy (non-hydrogen) atoms. The van der Waals surface area contributed by atoms with Crippen molar-refractivity contribution < 1.29 is 9.59 Å². The summed E-state index contributed by atoms with van der Waals surface area (Å²) in [4.78, 5) is 19.6. The van der Waals surface area contributed by atoms with Crippen molar-refractivity contribution in [2.24, 2.45) is 0 Å². The lowest BCUT2D eigenvalue weighted by atomic mass is 10.1. The van der Waals surface area contributed by atoms with Crippen molar-refractivity contribution in [3.8, 4) is 0 Å². The summed E-state index contributed by atoms with van der Waals surface area (Å²) in [5.74, 6) is 1.75. The second-order valence-electron chi connectivity index (χ2n) is 2.77. The van der Waals surface area contributed by atoms with Gasteiger partial charge < -0.3 is 0 Å². The third-order valence-electron chi connectivity index (χ3n) is 1.71. The second kappa shape index (κ2) is 10.1. The predicted molar refractivity (Wildman–Crippen MR) is 48.3 cm³/mol. The van der Waals surface area contributed by atoms with Crippen LogP contribution in [0.1, 0.15) is 44.9 Å². The van der Waals surface area contributed by atoms with Gasteiger partial charge in [-0.25, -0.2) is 4.79 Å². The number of hydrogen-bond donors (Lipinski definition) is 0. The van der Waals surface area contributed by atoms with Crippen LogP contribution in [0, 0.1) is 0 Å². The van der Waals surface area contributed by atoms with Gasteiger partial charge in [0.05, 0.1) is 0 Å². The Morgan fingerprint density at radius 1 is 0.917 bits per heavy atom. The van der Waals surface area contributed by atoms with E-state index in [2.05, 4.69) is 0 Å². The fraction of sp³-hybridized carbons (Fsp3) is 0.700. The molecule has 0 aromatic carbocycles. The van der Waals surface area contributed by atoms with Crippen molar-refractivity contribution in [1.29, 1.82) is 0 Å². The van der Waals surface area contributed by atoms with Gasteiger partial charge in [0, 0.05) is 6.42 Å². The molecule has 0 aromatic heterocycles. The van der Waals surface area contributed by atoms with Gasteiger partial charge in [-0.2, -0.15) is 0 Å². The van der Waals surface area contributed by atoms with Crippen LogP contribution in [0.15, 0.2) is 6.08 Å². The minimum absolute atomic E-state index is 0.564. The monoisotopic (exact) mass is 167 g/mol. The summed E-state index contributed by atoms with van der Waals surface area (Å²) >= 11 is 0. The summed E-state index contributed by atoms with van der Waals surface area (Å²) in [6, 6.07) is 0. The first-order valence-corrected chi connectivity index (χ1v) is 4.46. The number of unbranched alkanes of at least 4 members (excludes halogenated alkanes) is 6. The number of hydrogen-bond acceptors (Lipinski definition) is 2. The summed E-state index contributed by atoms with van der Waals surface area (Å²) in [5.41, 5.74) is 0. The zero-order valence-corrected chi connectivity index (χ0v) is 7.34. The normalized spacial score (nSPS) is 9.00. The van der Waals surface area contributed by atoms with Crippen molar-refractivity contribution in [3.05, 3.63) is 6.08 Å². The van der Waals surface area contributed by atoms with Gasteiger partial charge in [0.1, 0.15) is 5.94 Å². The molecule has 0 unspecified atom stereocenters. The highest BCUT2D eigenvalue weighted by molar-refractivity contribution is 5.50. The van der Waals surface area contributed by atoms with Crippen LogP contribution < -0.4 is 0 Å². The van der Waals surface area contributed by atoms with Gasteiger partial charge in [-0.3, -0.25) is 4.79 Å². The first kappa shape index (κ1) is 11.1. The summed E-state index contributed by atoms with van der Waals surface area (Å²) in [6.45, 7) is 0. The van der Waals surface area contributed by atoms with Gasteiger partial charge >= 0.3 is 0 Å². The van der Waals surface area contributed by atoms with Crippen molar-refractivity contribution >= 4 is 12.2 Å². The van der Waals surface area contributed by atoms with Gasteiger partial charge in [0.2, 0.25) is 0 Å². The molecule has 0 saturated heterocycles. The summed E-state index contributed by atoms with van der Waals surface area (Å²) < 4.78 is 0. The largest absolute Gasteiger partial charge is 0.291 e. The third-order valence-corrected chi connectivity index (χ3v) is 1.71. The summed E-state index contributed by atoms with van der Waals surface area (Å²) in [5, 5.41) is 0. The molecule has 2 nitrogen and oxygen atoms in total. The van der Waals surface area contributed by atoms with Crippen LogP contribution in [0.25, 0.3) is 0 Å². The molecule has 1 radical (unpaired) electrons. The summed E-state index contributed by atoms with van der Waals surface area (Å²) in [7, 11) is 0. The maximum Gasteiger partial charge on any atom is 0.198 e. The van der Waals surface area contributed by atoms with Crippen LogP contribution >= 0.6 is 0 Å². The third kappa shape index (κ3) is 9.12. The Balaban J connectivity index is 2.90. The van der Waals surface area contributed by atoms with Crippen molar-refractivity contribution in [2.75, 3.05) is 0 Å². The molecule has 0 aliphatic rings. The van der Waals surface area contributed by atoms with Crippen LogP contribution in [0.5, 0.6) is 0 Å². The first-order chi connectivity index (χ1) is 5.91. The Kier molecular flexibility index (Phi) is 9.38. The van der Waals surface area contributed by atoms with E-state index < -0.39 is 0 Å². The highest BCUT2D eigenvalue weighted by Crippen LogP contribution is 2.06. The molecule has 2 heteroatoms. The number of allylic oxidation sites excluding steroid dienone is 1. The van der Waals surface area contributed by atoms with Crippen molar-refractivity contribution in [2.45, 2.75) is 44.9 Å². The van der Waals surface area contributed by atoms with E-state index in [0.717, 1.165) is 38.5 Å². The van der Waals surface area contributed by atoms with Crippen LogP contribution in [-0.2, 0) is 9.59 Å². The maximum absolute atomic E-state index is 9.81. The maximum atomic E-state index is 9.81. The SMILES string of the molecule is O=[C]CCCCCCCC=C=O. The van der Waals surface area contributed by atoms with E-state index in [4.69, 9.17) is 0 Å². The predicted octanol–water partition coefficient (Wildman–Crippen LogP) is 2.21.